The molecule has 46 heavy (non-hydrogen) atoms. The van der Waals surface area contributed by atoms with Gasteiger partial charge in [0.15, 0.2) is 11.5 Å². The van der Waals surface area contributed by atoms with Gasteiger partial charge in [0.05, 0.1) is 11.6 Å². The van der Waals surface area contributed by atoms with Crippen LogP contribution in [0.1, 0.15) is 46.2 Å². The van der Waals surface area contributed by atoms with E-state index in [0.717, 1.165) is 50.4 Å². The second-order valence-electron chi connectivity index (χ2n) is 10.7. The van der Waals surface area contributed by atoms with E-state index in [-0.39, 0.29) is 6.42 Å². The average molecular weight is 619 g/mol. The first-order valence-corrected chi connectivity index (χ1v) is 15.0. The second-order valence-corrected chi connectivity index (χ2v) is 10.7. The van der Waals surface area contributed by atoms with Crippen molar-refractivity contribution in [2.75, 3.05) is 19.8 Å². The summed E-state index contributed by atoms with van der Waals surface area (Å²) in [5.41, 5.74) is 7.78. The maximum atomic E-state index is 10.9. The normalized spacial score (nSPS) is 11.5. The molecule has 0 aromatic heterocycles. The lowest BCUT2D eigenvalue weighted by Crippen LogP contribution is -2.17. The Labute approximate surface area is 270 Å². The van der Waals surface area contributed by atoms with E-state index in [2.05, 4.69) is 43.3 Å². The highest BCUT2D eigenvalue weighted by atomic mass is 16.6. The number of nitrogens with zero attached hydrogens (tertiary/aromatic N) is 1. The zero-order chi connectivity index (χ0) is 32.9. The highest BCUT2D eigenvalue weighted by molar-refractivity contribution is 5.71. The molecule has 0 atom stereocenters. The molecule has 1 aliphatic heterocycles. The molecule has 0 fully saturated rings. The number of benzene rings is 4. The van der Waals surface area contributed by atoms with Crippen molar-refractivity contribution in [1.82, 2.24) is 5.32 Å². The molecule has 1 aliphatic rings. The minimum absolute atomic E-state index is 0.118. The standard InChI is InChI=1S/C36H36N2O6.C2H2/c1-24-16-30(43-23-29-8-4-9-31(25(29)2)28-11-12-33-35(18-28)42-15-14-41-33)19-34(32(24)21-38-13-5-10-36(39)40)44-22-27-7-3-6-26(17-27)20-37;1-2/h3-4,6-9,11-12,16-19,38H,5,10,13-15,21-23H2,1-2H3,(H,39,40);1-2H. The Hall–Kier alpha value is -5.44. The predicted octanol–water partition coefficient (Wildman–Crippen LogP) is 6.98. The Balaban J connectivity index is 0.00000235. The Bertz CT molecular complexity index is 1720. The molecule has 236 valence electrons. The van der Waals surface area contributed by atoms with E-state index in [1.54, 1.807) is 6.07 Å². The zero-order valence-corrected chi connectivity index (χ0v) is 26.2. The molecule has 0 radical (unpaired) electrons. The lowest BCUT2D eigenvalue weighted by molar-refractivity contribution is -0.137. The fourth-order valence-corrected chi connectivity index (χ4v) is 5.19. The molecule has 2 N–H and O–H groups in total. The SMILES string of the molecule is C#C.Cc1cc(OCc2cccc(-c3ccc4c(c3)OCCO4)c2C)cc(OCc2cccc(C#N)c2)c1CNCCCC(=O)O. The smallest absolute Gasteiger partial charge is 0.303 e. The molecule has 1 heterocycles. The minimum Gasteiger partial charge on any atom is -0.489 e. The highest BCUT2D eigenvalue weighted by Crippen LogP contribution is 2.36. The summed E-state index contributed by atoms with van der Waals surface area (Å²) in [6.45, 7) is 6.98. The van der Waals surface area contributed by atoms with Gasteiger partial charge in [-0.3, -0.25) is 4.79 Å². The first-order chi connectivity index (χ1) is 22.4. The van der Waals surface area contributed by atoms with Crippen molar-refractivity contribution in [3.63, 3.8) is 0 Å². The van der Waals surface area contributed by atoms with Gasteiger partial charge in [0.1, 0.15) is 37.9 Å². The van der Waals surface area contributed by atoms with Gasteiger partial charge in [-0.2, -0.15) is 5.26 Å². The van der Waals surface area contributed by atoms with Gasteiger partial charge in [-0.15, -0.1) is 12.8 Å². The van der Waals surface area contributed by atoms with E-state index in [1.807, 2.05) is 61.5 Å². The number of carboxylic acids is 1. The minimum atomic E-state index is -0.805. The van der Waals surface area contributed by atoms with Crippen molar-refractivity contribution >= 4 is 5.97 Å². The number of carbonyl (C=O) groups is 1. The van der Waals surface area contributed by atoms with Crippen LogP contribution < -0.4 is 24.3 Å². The highest BCUT2D eigenvalue weighted by Gasteiger charge is 2.16. The van der Waals surface area contributed by atoms with Crippen molar-refractivity contribution in [3.8, 4) is 53.0 Å². The number of nitrogens with one attached hydrogen (secondary N) is 1. The summed E-state index contributed by atoms with van der Waals surface area (Å²) in [6, 6.07) is 25.6. The van der Waals surface area contributed by atoms with Gasteiger partial charge in [-0.05, 0) is 90.5 Å². The second kappa shape index (κ2) is 16.6. The number of ether oxygens (including phenoxy) is 4. The van der Waals surface area contributed by atoms with Crippen LogP contribution in [-0.2, 0) is 24.6 Å². The van der Waals surface area contributed by atoms with Crippen LogP contribution in [0.15, 0.2) is 72.8 Å². The third kappa shape index (κ3) is 8.81. The molecular weight excluding hydrogens is 580 g/mol. The zero-order valence-electron chi connectivity index (χ0n) is 26.2. The Morgan fingerprint density at radius 3 is 2.52 bits per heavy atom. The number of aryl methyl sites for hydroxylation is 1. The number of aliphatic carboxylic acids is 1. The molecule has 5 rings (SSSR count). The van der Waals surface area contributed by atoms with Crippen molar-refractivity contribution in [2.45, 2.75) is 46.4 Å². The van der Waals surface area contributed by atoms with Gasteiger partial charge >= 0.3 is 5.97 Å². The monoisotopic (exact) mass is 618 g/mol. The third-order valence-electron chi connectivity index (χ3n) is 7.60. The molecule has 4 aromatic carbocycles. The van der Waals surface area contributed by atoms with Crippen LogP contribution in [-0.4, -0.2) is 30.8 Å². The molecule has 4 aromatic rings. The van der Waals surface area contributed by atoms with Gasteiger partial charge in [0.2, 0.25) is 0 Å². The molecule has 0 saturated heterocycles. The van der Waals surface area contributed by atoms with Gasteiger partial charge in [0.25, 0.3) is 0 Å². The largest absolute Gasteiger partial charge is 0.489 e. The van der Waals surface area contributed by atoms with Crippen molar-refractivity contribution in [1.29, 1.82) is 5.26 Å². The van der Waals surface area contributed by atoms with Gasteiger partial charge < -0.3 is 29.4 Å². The summed E-state index contributed by atoms with van der Waals surface area (Å²) in [5, 5.41) is 21.6. The molecule has 0 spiro atoms. The quantitative estimate of drug-likeness (QED) is 0.122. The van der Waals surface area contributed by atoms with Crippen LogP contribution >= 0.6 is 0 Å². The predicted molar refractivity (Wildman–Crippen MR) is 177 cm³/mol. The number of hydrogen-bond donors (Lipinski definition) is 2. The summed E-state index contributed by atoms with van der Waals surface area (Å²) in [7, 11) is 0. The van der Waals surface area contributed by atoms with Crippen LogP contribution in [0.5, 0.6) is 23.0 Å². The van der Waals surface area contributed by atoms with E-state index < -0.39 is 5.97 Å². The van der Waals surface area contributed by atoms with Crippen molar-refractivity contribution < 1.29 is 28.8 Å². The van der Waals surface area contributed by atoms with Crippen LogP contribution in [0.4, 0.5) is 0 Å². The number of terminal acetylenes is 1. The maximum absolute atomic E-state index is 10.9. The van der Waals surface area contributed by atoms with Crippen LogP contribution in [0, 0.1) is 38.0 Å². The Morgan fingerprint density at radius 2 is 1.74 bits per heavy atom. The number of rotatable bonds is 13. The van der Waals surface area contributed by atoms with E-state index >= 15 is 0 Å². The molecule has 8 nitrogen and oxygen atoms in total. The number of hydrogen-bond acceptors (Lipinski definition) is 7. The first-order valence-electron chi connectivity index (χ1n) is 15.0. The summed E-state index contributed by atoms with van der Waals surface area (Å²) < 4.78 is 24.1. The molecular formula is C38H38N2O6. The van der Waals surface area contributed by atoms with E-state index in [1.165, 1.54) is 0 Å². The molecule has 0 bridgehead atoms. The van der Waals surface area contributed by atoms with E-state index in [4.69, 9.17) is 24.1 Å². The third-order valence-corrected chi connectivity index (χ3v) is 7.60. The lowest BCUT2D eigenvalue weighted by Gasteiger charge is -2.20. The fraction of sp³-hybridized carbons (Fsp3) is 0.263. The van der Waals surface area contributed by atoms with Gasteiger partial charge in [0, 0.05) is 24.6 Å². The Morgan fingerprint density at radius 1 is 0.957 bits per heavy atom. The molecule has 0 saturated carbocycles. The first kappa shape index (κ1) is 33.5. The van der Waals surface area contributed by atoms with Crippen LogP contribution in [0.3, 0.4) is 0 Å². The van der Waals surface area contributed by atoms with Crippen LogP contribution in [0.2, 0.25) is 0 Å². The fourth-order valence-electron chi connectivity index (χ4n) is 5.19. The summed E-state index contributed by atoms with van der Waals surface area (Å²) >= 11 is 0. The number of nitriles is 1. The van der Waals surface area contributed by atoms with E-state index in [0.29, 0.717) is 63.0 Å². The van der Waals surface area contributed by atoms with Gasteiger partial charge in [-0.1, -0.05) is 36.4 Å². The maximum Gasteiger partial charge on any atom is 0.303 e. The van der Waals surface area contributed by atoms with E-state index in [9.17, 15) is 10.1 Å². The van der Waals surface area contributed by atoms with Crippen molar-refractivity contribution in [3.05, 3.63) is 106 Å². The number of carboxylic acid groups (broad SMARTS) is 1. The number of fused-ring (bicyclic) bond motifs is 1. The topological polar surface area (TPSA) is 110 Å². The van der Waals surface area contributed by atoms with Crippen LogP contribution in [0.25, 0.3) is 11.1 Å². The lowest BCUT2D eigenvalue weighted by atomic mass is 9.96. The van der Waals surface area contributed by atoms with Gasteiger partial charge in [-0.25, -0.2) is 0 Å². The molecule has 0 unspecified atom stereocenters. The Kier molecular flexibility index (Phi) is 12.1. The van der Waals surface area contributed by atoms with Crippen molar-refractivity contribution in [2.24, 2.45) is 0 Å². The molecule has 8 heteroatoms. The molecule has 0 amide bonds. The molecule has 0 aliphatic carbocycles. The summed E-state index contributed by atoms with van der Waals surface area (Å²) in [6.07, 6.45) is 8.66. The summed E-state index contributed by atoms with van der Waals surface area (Å²) in [4.78, 5) is 10.9. The summed E-state index contributed by atoms with van der Waals surface area (Å²) in [5.74, 6) is 2.08. The average Bonchev–Trinajstić information content (AvgIpc) is 3.08.